The summed E-state index contributed by atoms with van der Waals surface area (Å²) in [5.41, 5.74) is 7.44. The van der Waals surface area contributed by atoms with E-state index in [9.17, 15) is 0 Å². The maximum Gasteiger partial charge on any atom is 0.137 e. The monoisotopic (exact) mass is 219 g/mol. The van der Waals surface area contributed by atoms with E-state index in [0.29, 0.717) is 6.54 Å². The maximum atomic E-state index is 5.46. The number of hydrogen-bond acceptors (Lipinski definition) is 2. The number of H-pyrrole nitrogens is 1. The van der Waals surface area contributed by atoms with Gasteiger partial charge in [0.05, 0.1) is 0 Å². The van der Waals surface area contributed by atoms with Crippen molar-refractivity contribution in [2.24, 2.45) is 5.73 Å². The smallest absolute Gasteiger partial charge is 0.137 e. The van der Waals surface area contributed by atoms with Gasteiger partial charge in [-0.3, -0.25) is 0 Å². The molecule has 2 aromatic rings. The molecule has 0 aromatic carbocycles. The molecule has 0 fully saturated rings. The number of aromatic amines is 1. The van der Waals surface area contributed by atoms with Crippen molar-refractivity contribution in [3.8, 4) is 0 Å². The maximum absolute atomic E-state index is 5.46. The molecule has 3 nitrogen and oxygen atoms in total. The molecule has 0 atom stereocenters. The Morgan fingerprint density at radius 2 is 2.15 bits per heavy atom. The van der Waals surface area contributed by atoms with Crippen LogP contribution in [0.2, 0.25) is 0 Å². The lowest BCUT2D eigenvalue weighted by molar-refractivity contribution is 1.06. The zero-order valence-electron chi connectivity index (χ0n) is 6.86. The number of hydrogen-bond donors (Lipinski definition) is 2. The van der Waals surface area contributed by atoms with E-state index in [0.717, 1.165) is 16.6 Å². The first-order valence-corrected chi connectivity index (χ1v) is 3.52. The molecule has 0 aliphatic rings. The van der Waals surface area contributed by atoms with Gasteiger partial charge in [-0.05, 0) is 17.7 Å². The molecule has 0 spiro atoms. The van der Waals surface area contributed by atoms with E-state index in [1.807, 2.05) is 18.3 Å². The summed E-state index contributed by atoms with van der Waals surface area (Å²) in [6.07, 6.45) is 3.66. The van der Waals surface area contributed by atoms with Crippen LogP contribution in [0.5, 0.6) is 0 Å². The molecule has 0 amide bonds. The van der Waals surface area contributed by atoms with Gasteiger partial charge in [0.25, 0.3) is 0 Å². The van der Waals surface area contributed by atoms with Crippen molar-refractivity contribution in [3.05, 3.63) is 30.1 Å². The Kier molecular flexibility index (Phi) is 4.77. The summed E-state index contributed by atoms with van der Waals surface area (Å²) in [5, 5.41) is 1.12. The Morgan fingerprint density at radius 3 is 2.85 bits per heavy atom. The predicted octanol–water partition coefficient (Wildman–Crippen LogP) is 1.87. The van der Waals surface area contributed by atoms with Gasteiger partial charge >= 0.3 is 0 Å². The van der Waals surface area contributed by atoms with Crippen LogP contribution in [0.3, 0.4) is 0 Å². The van der Waals surface area contributed by atoms with E-state index in [1.165, 1.54) is 0 Å². The summed E-state index contributed by atoms with van der Waals surface area (Å²) in [6.45, 7) is 0.550. The van der Waals surface area contributed by atoms with Crippen LogP contribution in [0.4, 0.5) is 0 Å². The first kappa shape index (κ1) is 12.2. The minimum absolute atomic E-state index is 0. The van der Waals surface area contributed by atoms with Gasteiger partial charge in [0.2, 0.25) is 0 Å². The van der Waals surface area contributed by atoms with Crippen molar-refractivity contribution in [2.75, 3.05) is 0 Å². The van der Waals surface area contributed by atoms with Crippen LogP contribution in [-0.2, 0) is 6.54 Å². The molecule has 5 heteroatoms. The molecule has 0 saturated heterocycles. The fraction of sp³-hybridized carbons (Fsp3) is 0.125. The minimum atomic E-state index is 0. The normalized spacial score (nSPS) is 9.00. The van der Waals surface area contributed by atoms with Gasteiger partial charge in [-0.1, -0.05) is 0 Å². The van der Waals surface area contributed by atoms with Crippen molar-refractivity contribution in [1.82, 2.24) is 9.97 Å². The predicted molar refractivity (Wildman–Crippen MR) is 58.5 cm³/mol. The lowest BCUT2D eigenvalue weighted by Gasteiger charge is -1.94. The molecule has 0 radical (unpaired) electrons. The first-order chi connectivity index (χ1) is 5.40. The standard InChI is InChI=1S/C8H9N3.2ClH/c9-4-6-3-7-1-2-10-8(7)11-5-6;;/h1-3,5H,4,9H2,(H,10,11);2*1H. The Hall–Kier alpha value is -0.770. The third-order valence-electron chi connectivity index (χ3n) is 1.69. The highest BCUT2D eigenvalue weighted by Crippen LogP contribution is 2.10. The minimum Gasteiger partial charge on any atom is -0.346 e. The number of aromatic nitrogens is 2. The van der Waals surface area contributed by atoms with Crippen molar-refractivity contribution in [1.29, 1.82) is 0 Å². The van der Waals surface area contributed by atoms with Crippen molar-refractivity contribution in [2.45, 2.75) is 6.54 Å². The van der Waals surface area contributed by atoms with Crippen molar-refractivity contribution < 1.29 is 0 Å². The van der Waals surface area contributed by atoms with Gasteiger partial charge in [0, 0.05) is 24.3 Å². The van der Waals surface area contributed by atoms with Gasteiger partial charge in [0.1, 0.15) is 5.65 Å². The Labute approximate surface area is 88.6 Å². The summed E-state index contributed by atoms with van der Waals surface area (Å²) in [4.78, 5) is 7.20. The van der Waals surface area contributed by atoms with Crippen LogP contribution in [0.1, 0.15) is 5.56 Å². The van der Waals surface area contributed by atoms with E-state index < -0.39 is 0 Å². The average molecular weight is 220 g/mol. The number of nitrogens with one attached hydrogen (secondary N) is 1. The number of rotatable bonds is 1. The second kappa shape index (κ2) is 5.07. The van der Waals surface area contributed by atoms with Crippen LogP contribution in [-0.4, -0.2) is 9.97 Å². The first-order valence-electron chi connectivity index (χ1n) is 3.52. The van der Waals surface area contributed by atoms with Gasteiger partial charge < -0.3 is 10.7 Å². The van der Waals surface area contributed by atoms with Crippen LogP contribution < -0.4 is 5.73 Å². The number of fused-ring (bicyclic) bond motifs is 1. The molecule has 2 heterocycles. The molecule has 0 aliphatic heterocycles. The highest BCUT2D eigenvalue weighted by Gasteiger charge is 1.95. The molecular formula is C8H11Cl2N3. The van der Waals surface area contributed by atoms with Crippen LogP contribution in [0, 0.1) is 0 Å². The van der Waals surface area contributed by atoms with Gasteiger partial charge in [-0.25, -0.2) is 4.98 Å². The fourth-order valence-electron chi connectivity index (χ4n) is 1.10. The third-order valence-corrected chi connectivity index (χ3v) is 1.69. The highest BCUT2D eigenvalue weighted by molar-refractivity contribution is 5.85. The van der Waals surface area contributed by atoms with Crippen molar-refractivity contribution >= 4 is 35.8 Å². The molecule has 2 rings (SSSR count). The fourth-order valence-corrected chi connectivity index (χ4v) is 1.10. The highest BCUT2D eigenvalue weighted by atomic mass is 35.5. The molecule has 0 aliphatic carbocycles. The van der Waals surface area contributed by atoms with Crippen LogP contribution in [0.25, 0.3) is 11.0 Å². The molecular weight excluding hydrogens is 209 g/mol. The van der Waals surface area contributed by atoms with E-state index in [4.69, 9.17) is 5.73 Å². The summed E-state index contributed by atoms with van der Waals surface area (Å²) in [7, 11) is 0. The molecule has 0 saturated carbocycles. The van der Waals surface area contributed by atoms with Crippen molar-refractivity contribution in [3.63, 3.8) is 0 Å². The Bertz CT molecular complexity index is 372. The largest absolute Gasteiger partial charge is 0.346 e. The van der Waals surface area contributed by atoms with E-state index in [1.54, 1.807) is 6.20 Å². The van der Waals surface area contributed by atoms with E-state index in [-0.39, 0.29) is 24.8 Å². The molecule has 3 N–H and O–H groups in total. The average Bonchev–Trinajstić information content (AvgIpc) is 2.50. The third kappa shape index (κ3) is 2.34. The number of halogens is 2. The lowest BCUT2D eigenvalue weighted by Crippen LogP contribution is -1.96. The summed E-state index contributed by atoms with van der Waals surface area (Å²) >= 11 is 0. The number of nitrogens with zero attached hydrogens (tertiary/aromatic N) is 1. The van der Waals surface area contributed by atoms with Gasteiger partial charge in [0.15, 0.2) is 0 Å². The van der Waals surface area contributed by atoms with Crippen LogP contribution in [0.15, 0.2) is 24.5 Å². The van der Waals surface area contributed by atoms with E-state index in [2.05, 4.69) is 9.97 Å². The zero-order chi connectivity index (χ0) is 7.68. The summed E-state index contributed by atoms with van der Waals surface area (Å²) < 4.78 is 0. The molecule has 72 valence electrons. The molecule has 13 heavy (non-hydrogen) atoms. The van der Waals surface area contributed by atoms with Gasteiger partial charge in [-0.2, -0.15) is 0 Å². The topological polar surface area (TPSA) is 54.7 Å². The zero-order valence-corrected chi connectivity index (χ0v) is 8.49. The molecule has 2 aromatic heterocycles. The molecule has 0 bridgehead atoms. The van der Waals surface area contributed by atoms with E-state index >= 15 is 0 Å². The quantitative estimate of drug-likeness (QED) is 0.770. The number of nitrogens with two attached hydrogens (primary N) is 1. The number of pyridine rings is 1. The van der Waals surface area contributed by atoms with Crippen LogP contribution >= 0.6 is 24.8 Å². The lowest BCUT2D eigenvalue weighted by atomic mass is 10.2. The second-order valence-electron chi connectivity index (χ2n) is 2.46. The summed E-state index contributed by atoms with van der Waals surface area (Å²) in [6, 6.07) is 4.03. The summed E-state index contributed by atoms with van der Waals surface area (Å²) in [5.74, 6) is 0. The van der Waals surface area contributed by atoms with Gasteiger partial charge in [-0.15, -0.1) is 24.8 Å². The Balaban J connectivity index is 0.000000720. The second-order valence-corrected chi connectivity index (χ2v) is 2.46. The Morgan fingerprint density at radius 1 is 1.38 bits per heavy atom. The molecule has 0 unspecified atom stereocenters. The SMILES string of the molecule is Cl.Cl.NCc1cnc2[nH]ccc2c1.